The number of hydrogen-bond donors (Lipinski definition) is 0. The maximum absolute atomic E-state index is 5.64. The Morgan fingerprint density at radius 2 is 1.76 bits per heavy atom. The topological polar surface area (TPSA) is 48.2 Å². The quantitative estimate of drug-likeness (QED) is 0.665. The summed E-state index contributed by atoms with van der Waals surface area (Å²) in [5.41, 5.74) is 0.903. The van der Waals surface area contributed by atoms with Crippen LogP contribution in [0, 0.1) is 0 Å². The number of ether oxygens (including phenoxy) is 1. The molecule has 0 aliphatic heterocycles. The van der Waals surface area contributed by atoms with Gasteiger partial charge in [0.25, 0.3) is 5.89 Å². The van der Waals surface area contributed by atoms with Gasteiger partial charge in [0.2, 0.25) is 5.89 Å². The smallest absolute Gasteiger partial charge is 0.254 e. The molecule has 0 amide bonds. The van der Waals surface area contributed by atoms with Gasteiger partial charge in [-0.3, -0.25) is 0 Å². The first-order chi connectivity index (χ1) is 10.3. The van der Waals surface area contributed by atoms with Gasteiger partial charge < -0.3 is 9.15 Å². The van der Waals surface area contributed by atoms with E-state index in [-0.39, 0.29) is 6.61 Å². The van der Waals surface area contributed by atoms with Crippen LogP contribution in [0.15, 0.2) is 63.9 Å². The summed E-state index contributed by atoms with van der Waals surface area (Å²) in [7, 11) is 0. The zero-order valence-electron chi connectivity index (χ0n) is 11.5. The minimum atomic E-state index is 0.262. The van der Waals surface area contributed by atoms with Gasteiger partial charge >= 0.3 is 0 Å². The Kier molecular flexibility index (Phi) is 4.21. The Labute approximate surface area is 127 Å². The number of thioether (sulfide) groups is 1. The van der Waals surface area contributed by atoms with Crippen molar-refractivity contribution in [1.29, 1.82) is 0 Å². The average Bonchev–Trinajstić information content (AvgIpc) is 3.03. The van der Waals surface area contributed by atoms with E-state index < -0.39 is 0 Å². The van der Waals surface area contributed by atoms with E-state index in [1.807, 2.05) is 60.9 Å². The molecule has 0 radical (unpaired) electrons. The second kappa shape index (κ2) is 6.45. The van der Waals surface area contributed by atoms with Crippen molar-refractivity contribution in [2.45, 2.75) is 11.5 Å². The van der Waals surface area contributed by atoms with Gasteiger partial charge in [0.05, 0.1) is 0 Å². The lowest BCUT2D eigenvalue weighted by Crippen LogP contribution is -1.95. The third-order valence-electron chi connectivity index (χ3n) is 2.91. The fourth-order valence-corrected chi connectivity index (χ4v) is 2.23. The summed E-state index contributed by atoms with van der Waals surface area (Å²) < 4.78 is 11.2. The van der Waals surface area contributed by atoms with Crippen LogP contribution in [0.3, 0.4) is 0 Å². The first-order valence-electron chi connectivity index (χ1n) is 6.50. The monoisotopic (exact) mass is 298 g/mol. The van der Waals surface area contributed by atoms with Crippen molar-refractivity contribution in [2.75, 3.05) is 6.26 Å². The molecule has 3 rings (SSSR count). The van der Waals surface area contributed by atoms with E-state index >= 15 is 0 Å². The minimum absolute atomic E-state index is 0.262. The van der Waals surface area contributed by atoms with Crippen molar-refractivity contribution >= 4 is 11.8 Å². The molecule has 0 bridgehead atoms. The predicted molar refractivity (Wildman–Crippen MR) is 82.3 cm³/mol. The summed E-state index contributed by atoms with van der Waals surface area (Å²) in [6.07, 6.45) is 2.04. The molecule has 106 valence electrons. The van der Waals surface area contributed by atoms with Crippen LogP contribution in [0.4, 0.5) is 0 Å². The van der Waals surface area contributed by atoms with Crippen molar-refractivity contribution in [1.82, 2.24) is 10.2 Å². The van der Waals surface area contributed by atoms with Crippen molar-refractivity contribution in [3.63, 3.8) is 0 Å². The normalized spacial score (nSPS) is 10.5. The van der Waals surface area contributed by atoms with Crippen LogP contribution in [0.1, 0.15) is 5.89 Å². The SMILES string of the molecule is CSc1ccc(OCc2nnc(-c3ccccc3)o2)cc1. The second-order valence-corrected chi connectivity index (χ2v) is 5.21. The largest absolute Gasteiger partial charge is 0.484 e. The number of aromatic nitrogens is 2. The zero-order valence-corrected chi connectivity index (χ0v) is 12.3. The molecule has 0 unspecified atom stereocenters. The van der Waals surface area contributed by atoms with Gasteiger partial charge in [-0.15, -0.1) is 22.0 Å². The molecule has 0 saturated heterocycles. The molecule has 21 heavy (non-hydrogen) atoms. The number of rotatable bonds is 5. The number of benzene rings is 2. The van der Waals surface area contributed by atoms with E-state index in [0.717, 1.165) is 11.3 Å². The van der Waals surface area contributed by atoms with Gasteiger partial charge in [0, 0.05) is 10.5 Å². The van der Waals surface area contributed by atoms with E-state index in [0.29, 0.717) is 11.8 Å². The van der Waals surface area contributed by atoms with E-state index in [2.05, 4.69) is 10.2 Å². The molecule has 0 saturated carbocycles. The highest BCUT2D eigenvalue weighted by Gasteiger charge is 2.08. The van der Waals surface area contributed by atoms with Gasteiger partial charge in [-0.1, -0.05) is 18.2 Å². The molecular weight excluding hydrogens is 284 g/mol. The molecular formula is C16H14N2O2S. The summed E-state index contributed by atoms with van der Waals surface area (Å²) in [5.74, 6) is 1.75. The van der Waals surface area contributed by atoms with Crippen LogP contribution < -0.4 is 4.74 Å². The molecule has 0 aliphatic carbocycles. The first kappa shape index (κ1) is 13.7. The Balaban J connectivity index is 1.64. The van der Waals surface area contributed by atoms with Crippen molar-refractivity contribution in [2.24, 2.45) is 0 Å². The maximum Gasteiger partial charge on any atom is 0.254 e. The maximum atomic E-state index is 5.64. The van der Waals surface area contributed by atoms with E-state index in [4.69, 9.17) is 9.15 Å². The molecule has 0 spiro atoms. The molecule has 2 aromatic carbocycles. The van der Waals surface area contributed by atoms with E-state index in [1.54, 1.807) is 11.8 Å². The van der Waals surface area contributed by atoms with E-state index in [9.17, 15) is 0 Å². The minimum Gasteiger partial charge on any atom is -0.484 e. The van der Waals surface area contributed by atoms with Gasteiger partial charge in [0.1, 0.15) is 5.75 Å². The van der Waals surface area contributed by atoms with Crippen LogP contribution in [-0.2, 0) is 6.61 Å². The molecule has 0 aliphatic rings. The average molecular weight is 298 g/mol. The molecule has 0 N–H and O–H groups in total. The summed E-state index contributed by atoms with van der Waals surface area (Å²) in [5, 5.41) is 8.02. The summed E-state index contributed by atoms with van der Waals surface area (Å²) in [4.78, 5) is 1.20. The zero-order chi connectivity index (χ0) is 14.5. The second-order valence-electron chi connectivity index (χ2n) is 4.33. The third-order valence-corrected chi connectivity index (χ3v) is 3.65. The molecule has 3 aromatic rings. The summed E-state index contributed by atoms with van der Waals surface area (Å²) in [6.45, 7) is 0.262. The molecule has 4 nitrogen and oxygen atoms in total. The molecule has 5 heteroatoms. The van der Waals surface area contributed by atoms with Gasteiger partial charge in [-0.2, -0.15) is 0 Å². The number of nitrogens with zero attached hydrogens (tertiary/aromatic N) is 2. The van der Waals surface area contributed by atoms with Crippen molar-refractivity contribution in [3.05, 3.63) is 60.5 Å². The third kappa shape index (κ3) is 3.44. The molecule has 0 atom stereocenters. The highest BCUT2D eigenvalue weighted by Crippen LogP contribution is 2.21. The van der Waals surface area contributed by atoms with Crippen LogP contribution >= 0.6 is 11.8 Å². The van der Waals surface area contributed by atoms with Crippen LogP contribution in [0.5, 0.6) is 5.75 Å². The lowest BCUT2D eigenvalue weighted by atomic mass is 10.2. The fourth-order valence-electron chi connectivity index (χ4n) is 1.83. The molecule has 1 aromatic heterocycles. The van der Waals surface area contributed by atoms with Crippen molar-refractivity contribution in [3.8, 4) is 17.2 Å². The lowest BCUT2D eigenvalue weighted by Gasteiger charge is -2.03. The Hall–Kier alpha value is -2.27. The lowest BCUT2D eigenvalue weighted by molar-refractivity contribution is 0.264. The Morgan fingerprint density at radius 1 is 1.00 bits per heavy atom. The highest BCUT2D eigenvalue weighted by molar-refractivity contribution is 7.98. The van der Waals surface area contributed by atoms with Crippen LogP contribution in [-0.4, -0.2) is 16.5 Å². The van der Waals surface area contributed by atoms with Gasteiger partial charge in [-0.25, -0.2) is 0 Å². The van der Waals surface area contributed by atoms with E-state index in [1.165, 1.54) is 4.90 Å². The fraction of sp³-hybridized carbons (Fsp3) is 0.125. The van der Waals surface area contributed by atoms with Crippen molar-refractivity contribution < 1.29 is 9.15 Å². The first-order valence-corrected chi connectivity index (χ1v) is 7.72. The predicted octanol–water partition coefficient (Wildman–Crippen LogP) is 4.04. The molecule has 1 heterocycles. The summed E-state index contributed by atoms with van der Waals surface area (Å²) >= 11 is 1.70. The number of hydrogen-bond acceptors (Lipinski definition) is 5. The standard InChI is InChI=1S/C16H14N2O2S/c1-21-14-9-7-13(8-10-14)19-11-15-17-18-16(20-15)12-5-3-2-4-6-12/h2-10H,11H2,1H3. The van der Waals surface area contributed by atoms with Crippen LogP contribution in [0.25, 0.3) is 11.5 Å². The van der Waals surface area contributed by atoms with Gasteiger partial charge in [-0.05, 0) is 42.7 Å². The molecule has 0 fully saturated rings. The Bertz CT molecular complexity index is 696. The highest BCUT2D eigenvalue weighted by atomic mass is 32.2. The van der Waals surface area contributed by atoms with Gasteiger partial charge in [0.15, 0.2) is 6.61 Å². The Morgan fingerprint density at radius 3 is 2.48 bits per heavy atom. The van der Waals surface area contributed by atoms with Crippen LogP contribution in [0.2, 0.25) is 0 Å². The summed E-state index contributed by atoms with van der Waals surface area (Å²) in [6, 6.07) is 17.6.